The van der Waals surface area contributed by atoms with Gasteiger partial charge in [-0.25, -0.2) is 21.9 Å². The fourth-order valence-corrected chi connectivity index (χ4v) is 3.04. The van der Waals surface area contributed by atoms with E-state index in [0.717, 1.165) is 6.07 Å². The van der Waals surface area contributed by atoms with E-state index in [9.17, 15) is 17.2 Å². The minimum Gasteiger partial charge on any atom is -0.396 e. The maximum atomic E-state index is 13.5. The van der Waals surface area contributed by atoms with E-state index in [2.05, 4.69) is 4.72 Å². The Morgan fingerprint density at radius 1 is 1.32 bits per heavy atom. The second-order valence-corrected chi connectivity index (χ2v) is 6.42. The van der Waals surface area contributed by atoms with Crippen molar-refractivity contribution in [3.05, 3.63) is 23.8 Å². The topological polar surface area (TPSA) is 92.4 Å². The van der Waals surface area contributed by atoms with Gasteiger partial charge in [0.05, 0.1) is 5.69 Å². The van der Waals surface area contributed by atoms with E-state index < -0.39 is 37.8 Å². The molecule has 0 saturated carbocycles. The standard InChI is InChI=1S/C11H16F2N2O3S/c1-11(2,3-4-16)15-19(17,18)10-6-9(14)7(12)5-8(10)13/h5-6,15-16H,3-4,14H2,1-2H3. The van der Waals surface area contributed by atoms with E-state index in [4.69, 9.17) is 10.8 Å². The van der Waals surface area contributed by atoms with E-state index in [0.29, 0.717) is 6.07 Å². The number of aliphatic hydroxyl groups excluding tert-OH is 1. The summed E-state index contributed by atoms with van der Waals surface area (Å²) in [5, 5.41) is 8.83. The second-order valence-electron chi connectivity index (χ2n) is 4.77. The number of nitrogens with one attached hydrogen (secondary N) is 1. The number of halogens is 2. The zero-order valence-electron chi connectivity index (χ0n) is 10.6. The SMILES string of the molecule is CC(C)(CCO)NS(=O)(=O)c1cc(N)c(F)cc1F. The van der Waals surface area contributed by atoms with Gasteiger partial charge >= 0.3 is 0 Å². The molecule has 0 aliphatic rings. The third kappa shape index (κ3) is 3.85. The van der Waals surface area contributed by atoms with Crippen molar-refractivity contribution in [2.75, 3.05) is 12.3 Å². The molecule has 5 nitrogen and oxygen atoms in total. The Hall–Kier alpha value is -1.25. The molecule has 0 atom stereocenters. The number of hydrogen-bond donors (Lipinski definition) is 3. The summed E-state index contributed by atoms with van der Waals surface area (Å²) in [5.41, 5.74) is 3.81. The summed E-state index contributed by atoms with van der Waals surface area (Å²) in [4.78, 5) is -0.725. The summed E-state index contributed by atoms with van der Waals surface area (Å²) in [7, 11) is -4.19. The lowest BCUT2D eigenvalue weighted by Gasteiger charge is -2.25. The molecule has 0 radical (unpaired) electrons. The van der Waals surface area contributed by atoms with E-state index in [1.807, 2.05) is 0 Å². The first-order valence-corrected chi connectivity index (χ1v) is 6.97. The molecular weight excluding hydrogens is 278 g/mol. The maximum Gasteiger partial charge on any atom is 0.244 e. The van der Waals surface area contributed by atoms with Crippen molar-refractivity contribution < 1.29 is 22.3 Å². The fraction of sp³-hybridized carbons (Fsp3) is 0.455. The highest BCUT2D eigenvalue weighted by molar-refractivity contribution is 7.89. The van der Waals surface area contributed by atoms with Crippen LogP contribution in [0, 0.1) is 11.6 Å². The van der Waals surface area contributed by atoms with Crippen molar-refractivity contribution in [2.24, 2.45) is 0 Å². The molecule has 1 aromatic carbocycles. The Bertz CT molecular complexity index is 574. The van der Waals surface area contributed by atoms with Gasteiger partial charge in [-0.1, -0.05) is 0 Å². The van der Waals surface area contributed by atoms with E-state index in [-0.39, 0.29) is 13.0 Å². The van der Waals surface area contributed by atoms with Crippen LogP contribution >= 0.6 is 0 Å². The number of sulfonamides is 1. The molecule has 0 spiro atoms. The van der Waals surface area contributed by atoms with Crippen LogP contribution in [0.25, 0.3) is 0 Å². The van der Waals surface area contributed by atoms with Crippen molar-refractivity contribution >= 4 is 15.7 Å². The second kappa shape index (κ2) is 5.40. The molecule has 19 heavy (non-hydrogen) atoms. The van der Waals surface area contributed by atoms with Gasteiger partial charge in [-0.3, -0.25) is 0 Å². The van der Waals surface area contributed by atoms with Crippen LogP contribution in [0.5, 0.6) is 0 Å². The number of anilines is 1. The molecule has 0 heterocycles. The van der Waals surface area contributed by atoms with Crippen LogP contribution in [-0.2, 0) is 10.0 Å². The molecule has 0 aliphatic carbocycles. The van der Waals surface area contributed by atoms with Gasteiger partial charge in [0.2, 0.25) is 10.0 Å². The van der Waals surface area contributed by atoms with Crippen LogP contribution in [-0.4, -0.2) is 25.7 Å². The average Bonchev–Trinajstić information content (AvgIpc) is 2.21. The Kier molecular flexibility index (Phi) is 4.49. The maximum absolute atomic E-state index is 13.5. The normalized spacial score (nSPS) is 12.7. The van der Waals surface area contributed by atoms with E-state index >= 15 is 0 Å². The van der Waals surface area contributed by atoms with Gasteiger partial charge in [0, 0.05) is 18.2 Å². The molecule has 0 saturated heterocycles. The van der Waals surface area contributed by atoms with Crippen molar-refractivity contribution in [2.45, 2.75) is 30.7 Å². The Balaban J connectivity index is 3.18. The Morgan fingerprint density at radius 3 is 2.42 bits per heavy atom. The van der Waals surface area contributed by atoms with Crippen LogP contribution in [0.3, 0.4) is 0 Å². The minimum absolute atomic E-state index is 0.143. The zero-order valence-corrected chi connectivity index (χ0v) is 11.4. The summed E-state index contributed by atoms with van der Waals surface area (Å²) >= 11 is 0. The number of nitrogens with two attached hydrogens (primary N) is 1. The summed E-state index contributed by atoms with van der Waals surface area (Å²) in [6.07, 6.45) is 0.143. The Labute approximate surface area is 110 Å². The van der Waals surface area contributed by atoms with Gasteiger partial charge in [0.25, 0.3) is 0 Å². The number of nitrogen functional groups attached to an aromatic ring is 1. The summed E-state index contributed by atoms with van der Waals surface area (Å²) in [6, 6.07) is 1.14. The molecule has 0 unspecified atom stereocenters. The van der Waals surface area contributed by atoms with Crippen molar-refractivity contribution in [3.63, 3.8) is 0 Å². The minimum atomic E-state index is -4.19. The highest BCUT2D eigenvalue weighted by atomic mass is 32.2. The average molecular weight is 294 g/mol. The van der Waals surface area contributed by atoms with Crippen LogP contribution in [0.2, 0.25) is 0 Å². The molecule has 0 amide bonds. The van der Waals surface area contributed by atoms with Gasteiger partial charge in [-0.15, -0.1) is 0 Å². The molecule has 0 fully saturated rings. The van der Waals surface area contributed by atoms with Gasteiger partial charge in [-0.05, 0) is 26.3 Å². The lowest BCUT2D eigenvalue weighted by molar-refractivity contribution is 0.245. The van der Waals surface area contributed by atoms with Crippen LogP contribution in [0.1, 0.15) is 20.3 Å². The quantitative estimate of drug-likeness (QED) is 0.706. The molecule has 0 aromatic heterocycles. The van der Waals surface area contributed by atoms with Gasteiger partial charge in [0.15, 0.2) is 0 Å². The largest absolute Gasteiger partial charge is 0.396 e. The first kappa shape index (κ1) is 15.8. The predicted octanol–water partition coefficient (Wildman–Crippen LogP) is 0.986. The molecular formula is C11H16F2N2O3S. The van der Waals surface area contributed by atoms with Gasteiger partial charge < -0.3 is 10.8 Å². The first-order valence-electron chi connectivity index (χ1n) is 5.48. The lowest BCUT2D eigenvalue weighted by atomic mass is 10.0. The van der Waals surface area contributed by atoms with Crippen LogP contribution in [0.4, 0.5) is 14.5 Å². The predicted molar refractivity (Wildman–Crippen MR) is 66.9 cm³/mol. The fourth-order valence-electron chi connectivity index (χ4n) is 1.50. The molecule has 1 rings (SSSR count). The van der Waals surface area contributed by atoms with E-state index in [1.165, 1.54) is 13.8 Å². The van der Waals surface area contributed by atoms with Gasteiger partial charge in [0.1, 0.15) is 16.5 Å². The van der Waals surface area contributed by atoms with Crippen molar-refractivity contribution in [1.82, 2.24) is 4.72 Å². The molecule has 8 heteroatoms. The number of aliphatic hydroxyl groups is 1. The van der Waals surface area contributed by atoms with E-state index in [1.54, 1.807) is 0 Å². The smallest absolute Gasteiger partial charge is 0.244 e. The monoisotopic (exact) mass is 294 g/mol. The number of benzene rings is 1. The highest BCUT2D eigenvalue weighted by Crippen LogP contribution is 2.22. The Morgan fingerprint density at radius 2 is 1.89 bits per heavy atom. The molecule has 1 aromatic rings. The van der Waals surface area contributed by atoms with Crippen molar-refractivity contribution in [1.29, 1.82) is 0 Å². The molecule has 0 bridgehead atoms. The summed E-state index contributed by atoms with van der Waals surface area (Å²) in [5.74, 6) is -2.25. The zero-order chi connectivity index (χ0) is 14.8. The lowest BCUT2D eigenvalue weighted by Crippen LogP contribution is -2.44. The third-order valence-electron chi connectivity index (χ3n) is 2.49. The van der Waals surface area contributed by atoms with Gasteiger partial charge in [-0.2, -0.15) is 0 Å². The van der Waals surface area contributed by atoms with Crippen molar-refractivity contribution in [3.8, 4) is 0 Å². The highest BCUT2D eigenvalue weighted by Gasteiger charge is 2.28. The molecule has 4 N–H and O–H groups in total. The molecule has 0 aliphatic heterocycles. The summed E-state index contributed by atoms with van der Waals surface area (Å²) < 4.78 is 52.7. The third-order valence-corrected chi connectivity index (χ3v) is 4.20. The first-order chi connectivity index (χ1) is 8.59. The number of rotatable bonds is 5. The molecule has 108 valence electrons. The van der Waals surface area contributed by atoms with Crippen LogP contribution in [0.15, 0.2) is 17.0 Å². The van der Waals surface area contributed by atoms with Crippen LogP contribution < -0.4 is 10.5 Å². The summed E-state index contributed by atoms with van der Waals surface area (Å²) in [6.45, 7) is 2.83. The number of hydrogen-bond acceptors (Lipinski definition) is 4.